The molecule has 6 heteroatoms. The van der Waals surface area contributed by atoms with E-state index in [1.807, 2.05) is 67.6 Å². The number of amides is 1. The summed E-state index contributed by atoms with van der Waals surface area (Å²) in [4.78, 5) is 30.1. The lowest BCUT2D eigenvalue weighted by molar-refractivity contribution is 0.0954. The number of carbonyl (C=O) groups excluding carboxylic acids is 1. The predicted octanol–water partition coefficient (Wildman–Crippen LogP) is 4.15. The number of aryl methyl sites for hydroxylation is 1. The molecule has 0 bridgehead atoms. The second kappa shape index (κ2) is 8.15. The van der Waals surface area contributed by atoms with E-state index in [0.717, 1.165) is 28.6 Å². The van der Waals surface area contributed by atoms with Crippen LogP contribution in [0.15, 0.2) is 83.8 Å². The molecule has 5 rings (SSSR count). The molecule has 5 aromatic rings. The van der Waals surface area contributed by atoms with Gasteiger partial charge >= 0.3 is 0 Å². The smallest absolute Gasteiger partial charge is 0.280 e. The number of nitrogens with zero attached hydrogens (tertiary/aromatic N) is 2. The van der Waals surface area contributed by atoms with E-state index in [2.05, 4.69) is 15.4 Å². The van der Waals surface area contributed by atoms with Crippen molar-refractivity contribution in [1.82, 2.24) is 20.1 Å². The first-order valence-corrected chi connectivity index (χ1v) is 10.5. The minimum atomic E-state index is -0.170. The standard InChI is InChI=1S/C26H22N4O2/c1-17-7-10-20(11-8-17)30-26(32)22-16-28-23-12-9-19(15-21(23)24(22)29-30)25(31)27-14-13-18-5-3-2-4-6-18/h2-12,15-16,29H,13-14H2,1H3,(H,27,31). The summed E-state index contributed by atoms with van der Waals surface area (Å²) in [5.41, 5.74) is 4.79. The molecular weight excluding hydrogens is 400 g/mol. The second-order valence-corrected chi connectivity index (χ2v) is 7.86. The van der Waals surface area contributed by atoms with E-state index in [1.165, 1.54) is 10.2 Å². The maximum atomic E-state index is 13.0. The van der Waals surface area contributed by atoms with Crippen LogP contribution >= 0.6 is 0 Å². The van der Waals surface area contributed by atoms with Crippen LogP contribution in [0.25, 0.3) is 27.5 Å². The Kier molecular flexibility index (Phi) is 5.03. The normalized spacial score (nSPS) is 11.2. The molecule has 0 atom stereocenters. The molecule has 0 aliphatic rings. The van der Waals surface area contributed by atoms with E-state index in [-0.39, 0.29) is 11.5 Å². The van der Waals surface area contributed by atoms with Gasteiger partial charge in [-0.05, 0) is 49.2 Å². The molecule has 0 fully saturated rings. The van der Waals surface area contributed by atoms with Gasteiger partial charge in [0, 0.05) is 23.7 Å². The molecule has 32 heavy (non-hydrogen) atoms. The molecule has 0 spiro atoms. The van der Waals surface area contributed by atoms with Crippen molar-refractivity contribution in [2.75, 3.05) is 6.54 Å². The molecule has 2 aromatic heterocycles. The van der Waals surface area contributed by atoms with Crippen LogP contribution in [0.1, 0.15) is 21.5 Å². The van der Waals surface area contributed by atoms with Gasteiger partial charge in [0.05, 0.1) is 22.1 Å². The van der Waals surface area contributed by atoms with E-state index < -0.39 is 0 Å². The summed E-state index contributed by atoms with van der Waals surface area (Å²) in [5, 5.41) is 7.40. The lowest BCUT2D eigenvalue weighted by Crippen LogP contribution is -2.25. The lowest BCUT2D eigenvalue weighted by atomic mass is 10.1. The number of benzene rings is 3. The molecule has 6 nitrogen and oxygen atoms in total. The van der Waals surface area contributed by atoms with Gasteiger partial charge in [-0.2, -0.15) is 0 Å². The maximum absolute atomic E-state index is 13.0. The SMILES string of the molecule is Cc1ccc(-n2[nH]c3c(cnc4ccc(C(=O)NCCc5ccccc5)cc43)c2=O)cc1. The minimum Gasteiger partial charge on any atom is -0.352 e. The van der Waals surface area contributed by atoms with Crippen LogP contribution in [0.3, 0.4) is 0 Å². The molecule has 1 amide bonds. The van der Waals surface area contributed by atoms with Gasteiger partial charge in [-0.3, -0.25) is 19.7 Å². The number of pyridine rings is 1. The molecule has 2 heterocycles. The molecule has 0 radical (unpaired) electrons. The fourth-order valence-corrected chi connectivity index (χ4v) is 3.84. The monoisotopic (exact) mass is 422 g/mol. The van der Waals surface area contributed by atoms with Crippen molar-refractivity contribution in [3.63, 3.8) is 0 Å². The van der Waals surface area contributed by atoms with Crippen LogP contribution in [0.2, 0.25) is 0 Å². The van der Waals surface area contributed by atoms with Gasteiger partial charge in [-0.25, -0.2) is 4.68 Å². The zero-order chi connectivity index (χ0) is 22.1. The highest BCUT2D eigenvalue weighted by Crippen LogP contribution is 2.22. The van der Waals surface area contributed by atoms with Crippen molar-refractivity contribution in [1.29, 1.82) is 0 Å². The average molecular weight is 422 g/mol. The number of rotatable bonds is 5. The molecule has 3 aromatic carbocycles. The summed E-state index contributed by atoms with van der Waals surface area (Å²) in [7, 11) is 0. The zero-order valence-electron chi connectivity index (χ0n) is 17.6. The molecule has 158 valence electrons. The molecular formula is C26H22N4O2. The number of fused-ring (bicyclic) bond motifs is 3. The summed E-state index contributed by atoms with van der Waals surface area (Å²) in [6.45, 7) is 2.55. The topological polar surface area (TPSA) is 79.8 Å². The summed E-state index contributed by atoms with van der Waals surface area (Å²) < 4.78 is 1.51. The Morgan fingerprint density at radius 1 is 1.00 bits per heavy atom. The van der Waals surface area contributed by atoms with E-state index in [0.29, 0.717) is 23.0 Å². The van der Waals surface area contributed by atoms with Gasteiger partial charge in [-0.1, -0.05) is 48.0 Å². The van der Waals surface area contributed by atoms with Gasteiger partial charge in [0.1, 0.15) is 0 Å². The first-order valence-electron chi connectivity index (χ1n) is 10.5. The highest BCUT2D eigenvalue weighted by molar-refractivity contribution is 6.06. The number of H-pyrrole nitrogens is 1. The third-order valence-corrected chi connectivity index (χ3v) is 5.62. The lowest BCUT2D eigenvalue weighted by Gasteiger charge is -2.07. The van der Waals surface area contributed by atoms with Gasteiger partial charge in [0.15, 0.2) is 0 Å². The zero-order valence-corrected chi connectivity index (χ0v) is 17.6. The van der Waals surface area contributed by atoms with E-state index in [1.54, 1.807) is 18.3 Å². The van der Waals surface area contributed by atoms with Gasteiger partial charge in [0.2, 0.25) is 0 Å². The highest BCUT2D eigenvalue weighted by Gasteiger charge is 2.14. The number of aromatic amines is 1. The van der Waals surface area contributed by atoms with E-state index >= 15 is 0 Å². The number of hydrogen-bond acceptors (Lipinski definition) is 3. The van der Waals surface area contributed by atoms with Crippen LogP contribution in [0, 0.1) is 6.92 Å². The largest absolute Gasteiger partial charge is 0.352 e. The summed E-state index contributed by atoms with van der Waals surface area (Å²) in [5.74, 6) is -0.153. The third-order valence-electron chi connectivity index (χ3n) is 5.62. The summed E-state index contributed by atoms with van der Waals surface area (Å²) in [6, 6.07) is 23.1. The minimum absolute atomic E-state index is 0.153. The molecule has 0 saturated heterocycles. The van der Waals surface area contributed by atoms with Crippen molar-refractivity contribution in [3.05, 3.63) is 106 Å². The molecule has 0 saturated carbocycles. The van der Waals surface area contributed by atoms with Crippen molar-refractivity contribution in [2.45, 2.75) is 13.3 Å². The van der Waals surface area contributed by atoms with Crippen molar-refractivity contribution in [2.24, 2.45) is 0 Å². The quantitative estimate of drug-likeness (QED) is 0.447. The Morgan fingerprint density at radius 2 is 1.78 bits per heavy atom. The Morgan fingerprint density at radius 3 is 2.56 bits per heavy atom. The van der Waals surface area contributed by atoms with Crippen LogP contribution in [0.5, 0.6) is 0 Å². The first kappa shape index (κ1) is 19.8. The molecule has 2 N–H and O–H groups in total. The number of nitrogens with one attached hydrogen (secondary N) is 2. The maximum Gasteiger partial charge on any atom is 0.280 e. The Balaban J connectivity index is 1.47. The number of carbonyl (C=O) groups is 1. The van der Waals surface area contributed by atoms with Crippen molar-refractivity contribution >= 4 is 27.7 Å². The third kappa shape index (κ3) is 3.67. The van der Waals surface area contributed by atoms with Gasteiger partial charge in [-0.15, -0.1) is 0 Å². The van der Waals surface area contributed by atoms with Crippen LogP contribution < -0.4 is 10.9 Å². The van der Waals surface area contributed by atoms with Crippen molar-refractivity contribution in [3.8, 4) is 5.69 Å². The fraction of sp³-hybridized carbons (Fsp3) is 0.115. The van der Waals surface area contributed by atoms with Crippen molar-refractivity contribution < 1.29 is 4.79 Å². The van der Waals surface area contributed by atoms with Crippen LogP contribution in [-0.2, 0) is 6.42 Å². The Bertz CT molecular complexity index is 1480. The second-order valence-electron chi connectivity index (χ2n) is 7.86. The highest BCUT2D eigenvalue weighted by atomic mass is 16.1. The predicted molar refractivity (Wildman–Crippen MR) is 126 cm³/mol. The number of hydrogen-bond donors (Lipinski definition) is 2. The van der Waals surface area contributed by atoms with E-state index in [9.17, 15) is 9.59 Å². The van der Waals surface area contributed by atoms with E-state index in [4.69, 9.17) is 0 Å². The fourth-order valence-electron chi connectivity index (χ4n) is 3.84. The Hall–Kier alpha value is -4.19. The molecule has 0 unspecified atom stereocenters. The summed E-state index contributed by atoms with van der Waals surface area (Å²) >= 11 is 0. The number of aromatic nitrogens is 3. The average Bonchev–Trinajstić information content (AvgIpc) is 3.17. The molecule has 0 aliphatic carbocycles. The summed E-state index contributed by atoms with van der Waals surface area (Å²) in [6.07, 6.45) is 2.35. The Labute approximate surface area is 184 Å². The molecule has 0 aliphatic heterocycles. The van der Waals surface area contributed by atoms with Crippen LogP contribution in [-0.4, -0.2) is 27.2 Å². The van der Waals surface area contributed by atoms with Gasteiger partial charge < -0.3 is 5.32 Å². The van der Waals surface area contributed by atoms with Gasteiger partial charge in [0.25, 0.3) is 11.5 Å². The van der Waals surface area contributed by atoms with Crippen LogP contribution in [0.4, 0.5) is 0 Å². The first-order chi connectivity index (χ1) is 15.6.